The van der Waals surface area contributed by atoms with Crippen LogP contribution in [0.4, 0.5) is 4.79 Å². The zero-order chi connectivity index (χ0) is 13.9. The van der Waals surface area contributed by atoms with Gasteiger partial charge in [-0.15, -0.1) is 0 Å². The summed E-state index contributed by atoms with van der Waals surface area (Å²) >= 11 is 3.28. The molecule has 0 saturated carbocycles. The van der Waals surface area contributed by atoms with Gasteiger partial charge in [-0.1, -0.05) is 28.1 Å². The predicted molar refractivity (Wildman–Crippen MR) is 73.0 cm³/mol. The summed E-state index contributed by atoms with van der Waals surface area (Å²) in [5.41, 5.74) is -0.0923. The van der Waals surface area contributed by atoms with Crippen molar-refractivity contribution in [2.24, 2.45) is 0 Å². The first-order valence-electron chi connectivity index (χ1n) is 5.51. The lowest BCUT2D eigenvalue weighted by atomic mass is 10.0. The van der Waals surface area contributed by atoms with E-state index < -0.39 is 11.6 Å². The Balaban J connectivity index is 2.86. The highest BCUT2D eigenvalue weighted by Crippen LogP contribution is 2.16. The predicted octanol–water partition coefficient (Wildman–Crippen LogP) is 3.41. The third-order valence-electron chi connectivity index (χ3n) is 2.51. The third-order valence-corrected chi connectivity index (χ3v) is 3.04. The highest BCUT2D eigenvalue weighted by atomic mass is 79.9. The van der Waals surface area contributed by atoms with Gasteiger partial charge in [-0.05, 0) is 32.9 Å². The quantitative estimate of drug-likeness (QED) is 0.870. The molecule has 1 N–H and O–H groups in total. The number of hydrogen-bond donors (Lipinski definition) is 1. The first-order valence-corrected chi connectivity index (χ1v) is 6.30. The average Bonchev–Trinajstić information content (AvgIpc) is 2.24. The van der Waals surface area contributed by atoms with Crippen LogP contribution in [0.15, 0.2) is 28.7 Å². The summed E-state index contributed by atoms with van der Waals surface area (Å²) in [6.07, 6.45) is -1.09. The number of hydrogen-bond acceptors (Lipinski definition) is 2. The van der Waals surface area contributed by atoms with Gasteiger partial charge in [0.2, 0.25) is 0 Å². The molecular weight excluding hydrogens is 298 g/mol. The van der Waals surface area contributed by atoms with Gasteiger partial charge in [-0.2, -0.15) is 0 Å². The zero-order valence-corrected chi connectivity index (χ0v) is 12.2. The number of carbonyl (C=O) groups is 2. The molecule has 1 amide bonds. The first-order chi connectivity index (χ1) is 8.21. The van der Waals surface area contributed by atoms with Gasteiger partial charge in [0.1, 0.15) is 0 Å². The van der Waals surface area contributed by atoms with E-state index in [0.29, 0.717) is 5.56 Å². The number of benzene rings is 1. The van der Waals surface area contributed by atoms with Gasteiger partial charge in [0, 0.05) is 15.6 Å². The van der Waals surface area contributed by atoms with Crippen LogP contribution in [0.2, 0.25) is 0 Å². The number of carboxylic acid groups (broad SMARTS) is 1. The van der Waals surface area contributed by atoms with Gasteiger partial charge in [0.05, 0.1) is 6.54 Å². The van der Waals surface area contributed by atoms with Crippen LogP contribution in [0.1, 0.15) is 31.1 Å². The van der Waals surface area contributed by atoms with Crippen LogP contribution >= 0.6 is 15.9 Å². The number of carbonyl (C=O) groups excluding carboxylic acids is 1. The molecule has 0 unspecified atom stereocenters. The molecule has 1 rings (SSSR count). The van der Waals surface area contributed by atoms with Crippen LogP contribution in [0.3, 0.4) is 0 Å². The fraction of sp³-hybridized carbons (Fsp3) is 0.385. The summed E-state index contributed by atoms with van der Waals surface area (Å²) < 4.78 is 0.880. The van der Waals surface area contributed by atoms with Crippen molar-refractivity contribution in [2.45, 2.75) is 26.3 Å². The number of amides is 1. The SMILES string of the molecule is CC(C)(C)N(CC(=O)c1ccc(Br)cc1)C(=O)O. The Bertz CT molecular complexity index is 448. The highest BCUT2D eigenvalue weighted by Gasteiger charge is 2.28. The molecule has 0 heterocycles. The molecule has 0 aliphatic heterocycles. The molecule has 0 atom stereocenters. The minimum Gasteiger partial charge on any atom is -0.465 e. The second-order valence-electron chi connectivity index (χ2n) is 4.97. The van der Waals surface area contributed by atoms with Gasteiger partial charge in [-0.25, -0.2) is 4.79 Å². The molecule has 0 fully saturated rings. The number of rotatable bonds is 3. The van der Waals surface area contributed by atoms with Gasteiger partial charge in [0.15, 0.2) is 5.78 Å². The van der Waals surface area contributed by atoms with E-state index in [4.69, 9.17) is 5.11 Å². The van der Waals surface area contributed by atoms with E-state index in [-0.39, 0.29) is 12.3 Å². The summed E-state index contributed by atoms with van der Waals surface area (Å²) in [4.78, 5) is 24.3. The monoisotopic (exact) mass is 313 g/mol. The lowest BCUT2D eigenvalue weighted by Gasteiger charge is -2.32. The second-order valence-corrected chi connectivity index (χ2v) is 5.89. The maximum atomic E-state index is 12.0. The molecular formula is C13H16BrNO3. The Hall–Kier alpha value is -1.36. The summed E-state index contributed by atoms with van der Waals surface area (Å²) in [5.74, 6) is -0.208. The molecule has 0 aliphatic carbocycles. The molecule has 4 nitrogen and oxygen atoms in total. The van der Waals surface area contributed by atoms with Gasteiger partial charge in [-0.3, -0.25) is 9.69 Å². The Morgan fingerprint density at radius 3 is 2.11 bits per heavy atom. The maximum absolute atomic E-state index is 12.0. The van der Waals surface area contributed by atoms with E-state index in [1.807, 2.05) is 0 Å². The van der Waals surface area contributed by atoms with Crippen molar-refractivity contribution >= 4 is 27.8 Å². The lowest BCUT2D eigenvalue weighted by Crippen LogP contribution is -2.47. The van der Waals surface area contributed by atoms with E-state index in [0.717, 1.165) is 9.37 Å². The Morgan fingerprint density at radius 1 is 1.22 bits per heavy atom. The molecule has 98 valence electrons. The van der Waals surface area contributed by atoms with Gasteiger partial charge >= 0.3 is 6.09 Å². The minimum atomic E-state index is -1.09. The Kier molecular flexibility index (Phi) is 4.51. The van der Waals surface area contributed by atoms with Crippen molar-refractivity contribution in [3.05, 3.63) is 34.3 Å². The van der Waals surface area contributed by atoms with Crippen molar-refractivity contribution in [3.8, 4) is 0 Å². The average molecular weight is 314 g/mol. The normalized spacial score (nSPS) is 11.1. The summed E-state index contributed by atoms with van der Waals surface area (Å²) in [6.45, 7) is 5.14. The molecule has 18 heavy (non-hydrogen) atoms. The fourth-order valence-corrected chi connectivity index (χ4v) is 1.73. The Labute approximate surface area is 115 Å². The second kappa shape index (κ2) is 5.52. The first kappa shape index (κ1) is 14.7. The van der Waals surface area contributed by atoms with Crippen LogP contribution in [0, 0.1) is 0 Å². The van der Waals surface area contributed by atoms with Gasteiger partial charge in [0.25, 0.3) is 0 Å². The van der Waals surface area contributed by atoms with E-state index in [1.165, 1.54) is 0 Å². The van der Waals surface area contributed by atoms with Crippen molar-refractivity contribution in [2.75, 3.05) is 6.54 Å². The third kappa shape index (κ3) is 3.84. The van der Waals surface area contributed by atoms with E-state index in [2.05, 4.69) is 15.9 Å². The number of halogens is 1. The van der Waals surface area contributed by atoms with E-state index in [9.17, 15) is 9.59 Å². The molecule has 0 aromatic heterocycles. The number of Topliss-reactive ketones (excluding diaryl/α,β-unsaturated/α-hetero) is 1. The summed E-state index contributed by atoms with van der Waals surface area (Å²) in [7, 11) is 0. The van der Waals surface area contributed by atoms with Crippen molar-refractivity contribution in [1.82, 2.24) is 4.90 Å². The smallest absolute Gasteiger partial charge is 0.408 e. The fourth-order valence-electron chi connectivity index (χ4n) is 1.46. The molecule has 0 saturated heterocycles. The molecule has 5 heteroatoms. The molecule has 0 radical (unpaired) electrons. The topological polar surface area (TPSA) is 57.6 Å². The highest BCUT2D eigenvalue weighted by molar-refractivity contribution is 9.10. The van der Waals surface area contributed by atoms with E-state index >= 15 is 0 Å². The standard InChI is InChI=1S/C13H16BrNO3/c1-13(2,3)15(12(17)18)8-11(16)9-4-6-10(14)7-5-9/h4-7H,8H2,1-3H3,(H,17,18). The van der Waals surface area contributed by atoms with E-state index in [1.54, 1.807) is 45.0 Å². The largest absolute Gasteiger partial charge is 0.465 e. The van der Waals surface area contributed by atoms with Crippen LogP contribution in [0.25, 0.3) is 0 Å². The maximum Gasteiger partial charge on any atom is 0.408 e. The molecule has 1 aromatic carbocycles. The minimum absolute atomic E-state index is 0.138. The van der Waals surface area contributed by atoms with Crippen molar-refractivity contribution in [3.63, 3.8) is 0 Å². The summed E-state index contributed by atoms with van der Waals surface area (Å²) in [6, 6.07) is 6.87. The molecule has 1 aromatic rings. The van der Waals surface area contributed by atoms with Gasteiger partial charge < -0.3 is 5.11 Å². The van der Waals surface area contributed by atoms with Crippen molar-refractivity contribution in [1.29, 1.82) is 0 Å². The van der Waals surface area contributed by atoms with Crippen LogP contribution in [-0.4, -0.2) is 34.0 Å². The summed E-state index contributed by atoms with van der Waals surface area (Å²) in [5, 5.41) is 9.11. The van der Waals surface area contributed by atoms with Crippen LogP contribution in [0.5, 0.6) is 0 Å². The number of ketones is 1. The van der Waals surface area contributed by atoms with Crippen LogP contribution in [-0.2, 0) is 0 Å². The Morgan fingerprint density at radius 2 is 1.72 bits per heavy atom. The molecule has 0 bridgehead atoms. The lowest BCUT2D eigenvalue weighted by molar-refractivity contribution is 0.0766. The molecule has 0 spiro atoms. The molecule has 0 aliphatic rings. The number of nitrogens with zero attached hydrogens (tertiary/aromatic N) is 1. The van der Waals surface area contributed by atoms with Crippen molar-refractivity contribution < 1.29 is 14.7 Å². The zero-order valence-electron chi connectivity index (χ0n) is 10.6. The van der Waals surface area contributed by atoms with Crippen LogP contribution < -0.4 is 0 Å².